The SMILES string of the molecule is CCN1CCOC(COc2cccc([C@H](C)O)c2)C1. The van der Waals surface area contributed by atoms with E-state index in [1.54, 1.807) is 6.92 Å². The first kappa shape index (κ1) is 14.3. The van der Waals surface area contributed by atoms with Gasteiger partial charge in [0.2, 0.25) is 0 Å². The molecule has 0 saturated carbocycles. The normalized spacial score (nSPS) is 22.2. The van der Waals surface area contributed by atoms with Gasteiger partial charge in [0.1, 0.15) is 18.5 Å². The molecule has 0 amide bonds. The molecule has 1 aliphatic heterocycles. The molecular formula is C15H23NO3. The average molecular weight is 265 g/mol. The zero-order valence-electron chi connectivity index (χ0n) is 11.7. The van der Waals surface area contributed by atoms with Crippen LogP contribution in [0.5, 0.6) is 5.75 Å². The van der Waals surface area contributed by atoms with E-state index in [0.717, 1.165) is 37.6 Å². The van der Waals surface area contributed by atoms with Crippen molar-refractivity contribution in [3.63, 3.8) is 0 Å². The lowest BCUT2D eigenvalue weighted by molar-refractivity contribution is -0.0464. The first-order valence-corrected chi connectivity index (χ1v) is 6.94. The fraction of sp³-hybridized carbons (Fsp3) is 0.600. The molecule has 1 aromatic carbocycles. The maximum absolute atomic E-state index is 9.54. The van der Waals surface area contributed by atoms with Crippen molar-refractivity contribution in [2.24, 2.45) is 0 Å². The Bertz CT molecular complexity index is 395. The molecule has 4 heteroatoms. The third kappa shape index (κ3) is 4.20. The quantitative estimate of drug-likeness (QED) is 0.882. The standard InChI is InChI=1S/C15H23NO3/c1-3-16-7-8-18-15(10-16)11-19-14-6-4-5-13(9-14)12(2)17/h4-6,9,12,15,17H,3,7-8,10-11H2,1-2H3/t12-,15?/m0/s1. The summed E-state index contributed by atoms with van der Waals surface area (Å²) in [4.78, 5) is 2.36. The number of likely N-dealkylation sites (N-methyl/N-ethyl adjacent to an activating group) is 1. The predicted molar refractivity (Wildman–Crippen MR) is 74.4 cm³/mol. The van der Waals surface area contributed by atoms with Gasteiger partial charge in [0.15, 0.2) is 0 Å². The highest BCUT2D eigenvalue weighted by atomic mass is 16.5. The molecule has 4 nitrogen and oxygen atoms in total. The van der Waals surface area contributed by atoms with Crippen molar-refractivity contribution < 1.29 is 14.6 Å². The van der Waals surface area contributed by atoms with Crippen molar-refractivity contribution in [3.8, 4) is 5.75 Å². The van der Waals surface area contributed by atoms with Crippen LogP contribution in [-0.2, 0) is 4.74 Å². The van der Waals surface area contributed by atoms with Gasteiger partial charge in [0, 0.05) is 13.1 Å². The second kappa shape index (κ2) is 6.89. The number of aliphatic hydroxyl groups is 1. The largest absolute Gasteiger partial charge is 0.491 e. The number of hydrogen-bond donors (Lipinski definition) is 1. The Kier molecular flexibility index (Phi) is 5.19. The van der Waals surface area contributed by atoms with E-state index in [1.807, 2.05) is 24.3 Å². The van der Waals surface area contributed by atoms with Gasteiger partial charge in [-0.3, -0.25) is 4.90 Å². The smallest absolute Gasteiger partial charge is 0.119 e. The van der Waals surface area contributed by atoms with Crippen LogP contribution >= 0.6 is 0 Å². The van der Waals surface area contributed by atoms with Gasteiger partial charge in [0.25, 0.3) is 0 Å². The van der Waals surface area contributed by atoms with Crippen LogP contribution in [-0.4, -0.2) is 49.0 Å². The predicted octanol–water partition coefficient (Wildman–Crippen LogP) is 1.84. The van der Waals surface area contributed by atoms with Gasteiger partial charge in [0.05, 0.1) is 12.7 Å². The van der Waals surface area contributed by atoms with Gasteiger partial charge in [-0.25, -0.2) is 0 Å². The number of morpholine rings is 1. The molecule has 19 heavy (non-hydrogen) atoms. The van der Waals surface area contributed by atoms with E-state index >= 15 is 0 Å². The fourth-order valence-corrected chi connectivity index (χ4v) is 2.22. The number of benzene rings is 1. The van der Waals surface area contributed by atoms with Crippen LogP contribution in [0.2, 0.25) is 0 Å². The maximum Gasteiger partial charge on any atom is 0.119 e. The molecule has 1 unspecified atom stereocenters. The Morgan fingerprint density at radius 3 is 3.11 bits per heavy atom. The second-order valence-corrected chi connectivity index (χ2v) is 4.95. The van der Waals surface area contributed by atoms with E-state index in [4.69, 9.17) is 9.47 Å². The van der Waals surface area contributed by atoms with Crippen molar-refractivity contribution in [2.45, 2.75) is 26.1 Å². The summed E-state index contributed by atoms with van der Waals surface area (Å²) in [5, 5.41) is 9.54. The highest BCUT2D eigenvalue weighted by Crippen LogP contribution is 2.19. The van der Waals surface area contributed by atoms with Crippen LogP contribution in [0.25, 0.3) is 0 Å². The van der Waals surface area contributed by atoms with Crippen LogP contribution in [0.15, 0.2) is 24.3 Å². The Morgan fingerprint density at radius 2 is 2.37 bits per heavy atom. The Balaban J connectivity index is 1.86. The zero-order valence-corrected chi connectivity index (χ0v) is 11.7. The lowest BCUT2D eigenvalue weighted by Crippen LogP contribution is -2.44. The molecule has 1 N–H and O–H groups in total. The van der Waals surface area contributed by atoms with E-state index < -0.39 is 6.10 Å². The number of hydrogen-bond acceptors (Lipinski definition) is 4. The molecule has 1 heterocycles. The number of rotatable bonds is 5. The third-order valence-corrected chi connectivity index (χ3v) is 3.45. The van der Waals surface area contributed by atoms with Crippen LogP contribution in [0.4, 0.5) is 0 Å². The van der Waals surface area contributed by atoms with Crippen molar-refractivity contribution in [3.05, 3.63) is 29.8 Å². The Morgan fingerprint density at radius 1 is 1.53 bits per heavy atom. The molecule has 2 rings (SSSR count). The molecular weight excluding hydrogens is 242 g/mol. The van der Waals surface area contributed by atoms with Gasteiger partial charge >= 0.3 is 0 Å². The second-order valence-electron chi connectivity index (χ2n) is 4.95. The van der Waals surface area contributed by atoms with E-state index in [9.17, 15) is 5.11 Å². The molecule has 0 radical (unpaired) electrons. The number of aliphatic hydroxyl groups excluding tert-OH is 1. The molecule has 0 bridgehead atoms. The van der Waals surface area contributed by atoms with Crippen molar-refractivity contribution in [1.29, 1.82) is 0 Å². The number of nitrogens with zero attached hydrogens (tertiary/aromatic N) is 1. The van der Waals surface area contributed by atoms with Gasteiger partial charge in [-0.2, -0.15) is 0 Å². The number of ether oxygens (including phenoxy) is 2. The summed E-state index contributed by atoms with van der Waals surface area (Å²) in [6.07, 6.45) is -0.339. The average Bonchev–Trinajstić information content (AvgIpc) is 2.45. The fourth-order valence-electron chi connectivity index (χ4n) is 2.22. The molecule has 1 fully saturated rings. The topological polar surface area (TPSA) is 41.9 Å². The van der Waals surface area contributed by atoms with Crippen LogP contribution in [0.3, 0.4) is 0 Å². The molecule has 0 aliphatic carbocycles. The summed E-state index contributed by atoms with van der Waals surface area (Å²) in [5.41, 5.74) is 0.872. The zero-order chi connectivity index (χ0) is 13.7. The molecule has 106 valence electrons. The maximum atomic E-state index is 9.54. The summed E-state index contributed by atoms with van der Waals surface area (Å²) >= 11 is 0. The molecule has 2 atom stereocenters. The van der Waals surface area contributed by atoms with Crippen LogP contribution < -0.4 is 4.74 Å². The van der Waals surface area contributed by atoms with Crippen molar-refractivity contribution in [1.82, 2.24) is 4.90 Å². The van der Waals surface area contributed by atoms with Gasteiger partial charge in [-0.1, -0.05) is 19.1 Å². The lowest BCUT2D eigenvalue weighted by atomic mass is 10.1. The third-order valence-electron chi connectivity index (χ3n) is 3.45. The van der Waals surface area contributed by atoms with E-state index in [1.165, 1.54) is 0 Å². The van der Waals surface area contributed by atoms with E-state index in [0.29, 0.717) is 6.61 Å². The van der Waals surface area contributed by atoms with Crippen molar-refractivity contribution >= 4 is 0 Å². The summed E-state index contributed by atoms with van der Waals surface area (Å²) in [7, 11) is 0. The highest BCUT2D eigenvalue weighted by molar-refractivity contribution is 5.29. The molecule has 1 aliphatic rings. The Labute approximate surface area is 114 Å². The molecule has 0 spiro atoms. The first-order valence-electron chi connectivity index (χ1n) is 6.94. The Hall–Kier alpha value is -1.10. The van der Waals surface area contributed by atoms with Crippen LogP contribution in [0.1, 0.15) is 25.5 Å². The summed E-state index contributed by atoms with van der Waals surface area (Å²) in [6.45, 7) is 8.22. The molecule has 1 saturated heterocycles. The minimum absolute atomic E-state index is 0.129. The van der Waals surface area contributed by atoms with Crippen LogP contribution in [0, 0.1) is 0 Å². The minimum Gasteiger partial charge on any atom is -0.491 e. The van der Waals surface area contributed by atoms with Crippen molar-refractivity contribution in [2.75, 3.05) is 32.8 Å². The van der Waals surface area contributed by atoms with E-state index in [-0.39, 0.29) is 6.10 Å². The summed E-state index contributed by atoms with van der Waals surface area (Å²) < 4.78 is 11.5. The van der Waals surface area contributed by atoms with Gasteiger partial charge in [-0.15, -0.1) is 0 Å². The summed E-state index contributed by atoms with van der Waals surface area (Å²) in [5.74, 6) is 0.788. The minimum atomic E-state index is -0.468. The highest BCUT2D eigenvalue weighted by Gasteiger charge is 2.19. The molecule has 1 aromatic rings. The summed E-state index contributed by atoms with van der Waals surface area (Å²) in [6, 6.07) is 7.59. The lowest BCUT2D eigenvalue weighted by Gasteiger charge is -2.31. The van der Waals surface area contributed by atoms with E-state index in [2.05, 4.69) is 11.8 Å². The monoisotopic (exact) mass is 265 g/mol. The van der Waals surface area contributed by atoms with Gasteiger partial charge < -0.3 is 14.6 Å². The van der Waals surface area contributed by atoms with Gasteiger partial charge in [-0.05, 0) is 31.2 Å². The molecule has 0 aromatic heterocycles. The first-order chi connectivity index (χ1) is 9.19.